The predicted octanol–water partition coefficient (Wildman–Crippen LogP) is 3.93. The minimum Gasteiger partial charge on any atom is -0.336 e. The molecule has 1 atom stereocenters. The van der Waals surface area contributed by atoms with Crippen molar-refractivity contribution in [2.45, 2.75) is 10.9 Å². The van der Waals surface area contributed by atoms with E-state index in [1.807, 2.05) is 0 Å². The Kier molecular flexibility index (Phi) is 5.34. The molecular formula is C17H14Cl2FN3O2S. The monoisotopic (exact) mass is 413 g/mol. The van der Waals surface area contributed by atoms with E-state index in [1.54, 1.807) is 23.9 Å². The van der Waals surface area contributed by atoms with Crippen LogP contribution in [0.5, 0.6) is 0 Å². The van der Waals surface area contributed by atoms with Crippen LogP contribution in [-0.4, -0.2) is 18.0 Å². The van der Waals surface area contributed by atoms with E-state index in [0.29, 0.717) is 5.82 Å². The van der Waals surface area contributed by atoms with Gasteiger partial charge in [-0.1, -0.05) is 41.4 Å². The Bertz CT molecular complexity index is 1050. The van der Waals surface area contributed by atoms with Crippen molar-refractivity contribution < 1.29 is 12.8 Å². The quantitative estimate of drug-likeness (QED) is 0.688. The summed E-state index contributed by atoms with van der Waals surface area (Å²) in [5.74, 6) is -0.225. The maximum absolute atomic E-state index is 14.4. The van der Waals surface area contributed by atoms with Crippen LogP contribution in [0.4, 0.5) is 4.39 Å². The van der Waals surface area contributed by atoms with Gasteiger partial charge in [-0.3, -0.25) is 0 Å². The number of halogens is 3. The molecule has 0 fully saturated rings. The Hall–Kier alpha value is -1.93. The van der Waals surface area contributed by atoms with Gasteiger partial charge in [0.05, 0.1) is 5.02 Å². The second-order valence-electron chi connectivity index (χ2n) is 5.55. The summed E-state index contributed by atoms with van der Waals surface area (Å²) < 4.78 is 44.2. The number of hydrogen-bond donors (Lipinski definition) is 1. The van der Waals surface area contributed by atoms with Gasteiger partial charge in [-0.15, -0.1) is 0 Å². The zero-order valence-electron chi connectivity index (χ0n) is 13.5. The fraction of sp³-hybridized carbons (Fsp3) is 0.118. The lowest BCUT2D eigenvalue weighted by atomic mass is 10.1. The van der Waals surface area contributed by atoms with Crippen molar-refractivity contribution >= 4 is 33.2 Å². The third-order valence-electron chi connectivity index (χ3n) is 3.79. The van der Waals surface area contributed by atoms with E-state index in [-0.39, 0.29) is 20.5 Å². The molecule has 1 aromatic heterocycles. The van der Waals surface area contributed by atoms with E-state index >= 15 is 0 Å². The van der Waals surface area contributed by atoms with Crippen LogP contribution < -0.4 is 4.72 Å². The number of rotatable bonds is 5. The lowest BCUT2D eigenvalue weighted by Crippen LogP contribution is -2.32. The molecule has 9 heteroatoms. The fourth-order valence-corrected chi connectivity index (χ4v) is 4.46. The normalized spacial score (nSPS) is 12.9. The predicted molar refractivity (Wildman–Crippen MR) is 98.2 cm³/mol. The van der Waals surface area contributed by atoms with E-state index in [9.17, 15) is 12.8 Å². The number of sulfonamides is 1. The highest BCUT2D eigenvalue weighted by Gasteiger charge is 2.29. The standard InChI is InChI=1S/C17H14Cl2FN3O2S/c1-23-9-8-21-17(23)16(12-4-2-3-5-14(12)20)22-26(24,25)15-10-11(18)6-7-13(15)19/h2-10,16,22H,1H3. The highest BCUT2D eigenvalue weighted by Crippen LogP contribution is 2.29. The van der Waals surface area contributed by atoms with Gasteiger partial charge in [0.25, 0.3) is 0 Å². The molecular weight excluding hydrogens is 400 g/mol. The number of aryl methyl sites for hydroxylation is 1. The Balaban J connectivity index is 2.11. The van der Waals surface area contributed by atoms with Crippen LogP contribution in [0.2, 0.25) is 10.0 Å². The molecule has 3 aromatic rings. The molecule has 0 bridgehead atoms. The molecule has 1 heterocycles. The van der Waals surface area contributed by atoms with Gasteiger partial charge < -0.3 is 4.57 Å². The van der Waals surface area contributed by atoms with Crippen molar-refractivity contribution in [3.8, 4) is 0 Å². The first-order valence-electron chi connectivity index (χ1n) is 7.48. The van der Waals surface area contributed by atoms with Gasteiger partial charge in [0.2, 0.25) is 10.0 Å². The second-order valence-corrected chi connectivity index (χ2v) is 8.07. The molecule has 0 amide bonds. The van der Waals surface area contributed by atoms with Gasteiger partial charge in [-0.25, -0.2) is 17.8 Å². The zero-order chi connectivity index (χ0) is 18.9. The third kappa shape index (κ3) is 3.76. The lowest BCUT2D eigenvalue weighted by Gasteiger charge is -2.20. The summed E-state index contributed by atoms with van der Waals surface area (Å²) in [6, 6.07) is 8.96. The van der Waals surface area contributed by atoms with Gasteiger partial charge in [-0.2, -0.15) is 4.72 Å². The smallest absolute Gasteiger partial charge is 0.243 e. The third-order valence-corrected chi connectivity index (χ3v) is 5.93. The maximum atomic E-state index is 14.4. The first-order chi connectivity index (χ1) is 12.3. The molecule has 2 aromatic carbocycles. The summed E-state index contributed by atoms with van der Waals surface area (Å²) in [6.45, 7) is 0. The number of imidazole rings is 1. The van der Waals surface area contributed by atoms with Gasteiger partial charge in [-0.05, 0) is 24.3 Å². The molecule has 0 saturated carbocycles. The molecule has 0 aliphatic heterocycles. The number of nitrogens with zero attached hydrogens (tertiary/aromatic N) is 2. The Morgan fingerprint density at radius 3 is 2.58 bits per heavy atom. The molecule has 0 aliphatic rings. The van der Waals surface area contributed by atoms with Crippen molar-refractivity contribution in [2.75, 3.05) is 0 Å². The molecule has 0 aliphatic carbocycles. The molecule has 0 spiro atoms. The van der Waals surface area contributed by atoms with Gasteiger partial charge in [0.1, 0.15) is 22.6 Å². The molecule has 0 saturated heterocycles. The molecule has 1 unspecified atom stereocenters. The average Bonchev–Trinajstić information content (AvgIpc) is 3.01. The highest BCUT2D eigenvalue weighted by atomic mass is 35.5. The zero-order valence-corrected chi connectivity index (χ0v) is 15.9. The molecule has 0 radical (unpaired) electrons. The van der Waals surface area contributed by atoms with Crippen molar-refractivity contribution in [2.24, 2.45) is 7.05 Å². The summed E-state index contributed by atoms with van der Waals surface area (Å²) in [7, 11) is -2.42. The van der Waals surface area contributed by atoms with Gasteiger partial charge in [0.15, 0.2) is 0 Å². The molecule has 3 rings (SSSR count). The van der Waals surface area contributed by atoms with Crippen LogP contribution >= 0.6 is 23.2 Å². The lowest BCUT2D eigenvalue weighted by molar-refractivity contribution is 0.545. The maximum Gasteiger partial charge on any atom is 0.243 e. The summed E-state index contributed by atoms with van der Waals surface area (Å²) in [5.41, 5.74) is 0.142. The van der Waals surface area contributed by atoms with Crippen LogP contribution in [-0.2, 0) is 17.1 Å². The van der Waals surface area contributed by atoms with Crippen LogP contribution in [0.1, 0.15) is 17.4 Å². The summed E-state index contributed by atoms with van der Waals surface area (Å²) in [4.78, 5) is 3.97. The van der Waals surface area contributed by atoms with E-state index in [4.69, 9.17) is 23.2 Å². The average molecular weight is 414 g/mol. The van der Waals surface area contributed by atoms with E-state index in [2.05, 4.69) is 9.71 Å². The first kappa shape index (κ1) is 18.8. The Labute approximate surface area is 160 Å². The topological polar surface area (TPSA) is 64.0 Å². The molecule has 136 valence electrons. The van der Waals surface area contributed by atoms with Gasteiger partial charge >= 0.3 is 0 Å². The van der Waals surface area contributed by atoms with Crippen LogP contribution in [0.25, 0.3) is 0 Å². The van der Waals surface area contributed by atoms with E-state index < -0.39 is 21.9 Å². The van der Waals surface area contributed by atoms with Crippen molar-refractivity contribution in [1.82, 2.24) is 14.3 Å². The van der Waals surface area contributed by atoms with E-state index in [1.165, 1.54) is 42.6 Å². The SMILES string of the molecule is Cn1ccnc1C(NS(=O)(=O)c1cc(Cl)ccc1Cl)c1ccccc1F. The highest BCUT2D eigenvalue weighted by molar-refractivity contribution is 7.89. The minimum atomic E-state index is -4.11. The van der Waals surface area contributed by atoms with Crippen LogP contribution in [0.15, 0.2) is 59.8 Å². The van der Waals surface area contributed by atoms with Crippen molar-refractivity contribution in [3.63, 3.8) is 0 Å². The first-order valence-corrected chi connectivity index (χ1v) is 9.72. The molecule has 26 heavy (non-hydrogen) atoms. The number of hydrogen-bond acceptors (Lipinski definition) is 3. The van der Waals surface area contributed by atoms with Crippen molar-refractivity contribution in [1.29, 1.82) is 0 Å². The number of nitrogens with one attached hydrogen (secondary N) is 1. The Morgan fingerprint density at radius 2 is 1.92 bits per heavy atom. The van der Waals surface area contributed by atoms with Crippen LogP contribution in [0.3, 0.4) is 0 Å². The largest absolute Gasteiger partial charge is 0.336 e. The summed E-state index contributed by atoms with van der Waals surface area (Å²) in [6.07, 6.45) is 3.15. The number of benzene rings is 2. The number of aromatic nitrogens is 2. The second kappa shape index (κ2) is 7.36. The Morgan fingerprint density at radius 1 is 1.19 bits per heavy atom. The summed E-state index contributed by atoms with van der Waals surface area (Å²) in [5, 5.41) is 0.225. The molecule has 1 N–H and O–H groups in total. The van der Waals surface area contributed by atoms with E-state index in [0.717, 1.165) is 0 Å². The van der Waals surface area contributed by atoms with Gasteiger partial charge in [0, 0.05) is 30.0 Å². The molecule has 5 nitrogen and oxygen atoms in total. The van der Waals surface area contributed by atoms with Crippen LogP contribution in [0, 0.1) is 5.82 Å². The van der Waals surface area contributed by atoms with Crippen molar-refractivity contribution in [3.05, 3.63) is 82.1 Å². The summed E-state index contributed by atoms with van der Waals surface area (Å²) >= 11 is 11.9. The fourth-order valence-electron chi connectivity index (χ4n) is 2.52. The minimum absolute atomic E-state index is 0.00836.